The van der Waals surface area contributed by atoms with Crippen molar-refractivity contribution in [2.75, 3.05) is 5.32 Å². The molecule has 0 saturated carbocycles. The molecule has 3 aromatic rings. The predicted molar refractivity (Wildman–Crippen MR) is 97.4 cm³/mol. The second-order valence-electron chi connectivity index (χ2n) is 6.12. The molecule has 0 unspecified atom stereocenters. The largest absolute Gasteiger partial charge is 0.359 e. The Bertz CT molecular complexity index is 957. The topological polar surface area (TPSA) is 59.8 Å². The summed E-state index contributed by atoms with van der Waals surface area (Å²) in [5, 5.41) is 11.9. The van der Waals surface area contributed by atoms with Crippen LogP contribution in [0.2, 0.25) is 0 Å². The SMILES string of the molecule is CC1=C(Nc2cccc(-c3cn(-c4ccccc4)nn3)c2)CCC1=O. The van der Waals surface area contributed by atoms with Gasteiger partial charge in [-0.25, -0.2) is 4.68 Å². The summed E-state index contributed by atoms with van der Waals surface area (Å²) >= 11 is 0. The molecule has 0 radical (unpaired) electrons. The summed E-state index contributed by atoms with van der Waals surface area (Å²) in [4.78, 5) is 11.7. The second kappa shape index (κ2) is 6.36. The van der Waals surface area contributed by atoms with Gasteiger partial charge in [-0.2, -0.15) is 0 Å². The van der Waals surface area contributed by atoms with Crippen LogP contribution < -0.4 is 5.32 Å². The summed E-state index contributed by atoms with van der Waals surface area (Å²) in [5.74, 6) is 0.226. The molecule has 124 valence electrons. The first-order valence-electron chi connectivity index (χ1n) is 8.29. The van der Waals surface area contributed by atoms with Crippen molar-refractivity contribution in [3.8, 4) is 16.9 Å². The van der Waals surface area contributed by atoms with Gasteiger partial charge in [0.1, 0.15) is 5.69 Å². The van der Waals surface area contributed by atoms with Gasteiger partial charge in [0.25, 0.3) is 0 Å². The van der Waals surface area contributed by atoms with Crippen LogP contribution in [0.1, 0.15) is 19.8 Å². The molecule has 1 aliphatic carbocycles. The number of Topliss-reactive ketones (excluding diaryl/α,β-unsaturated/α-hetero) is 1. The Morgan fingerprint density at radius 2 is 1.88 bits per heavy atom. The Labute approximate surface area is 146 Å². The van der Waals surface area contributed by atoms with Gasteiger partial charge in [0.15, 0.2) is 5.78 Å². The van der Waals surface area contributed by atoms with Crippen LogP contribution in [0.5, 0.6) is 0 Å². The van der Waals surface area contributed by atoms with Crippen LogP contribution >= 0.6 is 0 Å². The third kappa shape index (κ3) is 3.08. The molecule has 1 N–H and O–H groups in total. The number of ketones is 1. The number of allylic oxidation sites excluding steroid dienone is 2. The molecule has 4 rings (SSSR count). The van der Waals surface area contributed by atoms with E-state index in [2.05, 4.69) is 15.6 Å². The lowest BCUT2D eigenvalue weighted by molar-refractivity contribution is -0.114. The van der Waals surface area contributed by atoms with E-state index in [1.54, 1.807) is 4.68 Å². The molecule has 0 atom stereocenters. The van der Waals surface area contributed by atoms with Gasteiger partial charge in [-0.1, -0.05) is 35.5 Å². The Kier molecular flexibility index (Phi) is 3.90. The number of hydrogen-bond donors (Lipinski definition) is 1. The van der Waals surface area contributed by atoms with Crippen LogP contribution in [0.4, 0.5) is 5.69 Å². The number of nitrogens with one attached hydrogen (secondary N) is 1. The van der Waals surface area contributed by atoms with Crippen molar-refractivity contribution < 1.29 is 4.79 Å². The lowest BCUT2D eigenvalue weighted by Crippen LogP contribution is -1.99. The molecule has 1 aromatic heterocycles. The van der Waals surface area contributed by atoms with Crippen LogP contribution in [0, 0.1) is 0 Å². The van der Waals surface area contributed by atoms with Crippen LogP contribution in [0.3, 0.4) is 0 Å². The van der Waals surface area contributed by atoms with Crippen LogP contribution in [0.25, 0.3) is 16.9 Å². The fourth-order valence-corrected chi connectivity index (χ4v) is 2.97. The summed E-state index contributed by atoms with van der Waals surface area (Å²) in [5.41, 5.74) is 5.56. The van der Waals surface area contributed by atoms with Crippen molar-refractivity contribution in [1.29, 1.82) is 0 Å². The van der Waals surface area contributed by atoms with Crippen molar-refractivity contribution in [3.63, 3.8) is 0 Å². The maximum absolute atomic E-state index is 11.7. The van der Waals surface area contributed by atoms with E-state index in [0.29, 0.717) is 6.42 Å². The molecule has 0 bridgehead atoms. The highest BCUT2D eigenvalue weighted by Crippen LogP contribution is 2.27. The van der Waals surface area contributed by atoms with E-state index in [-0.39, 0.29) is 5.78 Å². The Morgan fingerprint density at radius 3 is 2.64 bits per heavy atom. The molecule has 0 spiro atoms. The smallest absolute Gasteiger partial charge is 0.160 e. The van der Waals surface area contributed by atoms with Crippen LogP contribution in [-0.2, 0) is 4.79 Å². The summed E-state index contributed by atoms with van der Waals surface area (Å²) in [7, 11) is 0. The van der Waals surface area contributed by atoms with E-state index in [0.717, 1.165) is 40.3 Å². The van der Waals surface area contributed by atoms with E-state index in [9.17, 15) is 4.79 Å². The number of rotatable bonds is 4. The third-order valence-corrected chi connectivity index (χ3v) is 4.44. The van der Waals surface area contributed by atoms with E-state index in [1.165, 1.54) is 0 Å². The minimum Gasteiger partial charge on any atom is -0.359 e. The average molecular weight is 330 g/mol. The number of para-hydroxylation sites is 1. The lowest BCUT2D eigenvalue weighted by Gasteiger charge is -2.09. The molecule has 1 heterocycles. The average Bonchev–Trinajstić information content (AvgIpc) is 3.26. The van der Waals surface area contributed by atoms with Gasteiger partial charge in [0.05, 0.1) is 11.9 Å². The van der Waals surface area contributed by atoms with Gasteiger partial charge in [-0.3, -0.25) is 4.79 Å². The van der Waals surface area contributed by atoms with Gasteiger partial charge in [-0.05, 0) is 37.6 Å². The van der Waals surface area contributed by atoms with Crippen molar-refractivity contribution >= 4 is 11.5 Å². The van der Waals surface area contributed by atoms with Crippen molar-refractivity contribution in [2.24, 2.45) is 0 Å². The van der Waals surface area contributed by atoms with Crippen molar-refractivity contribution in [2.45, 2.75) is 19.8 Å². The summed E-state index contributed by atoms with van der Waals surface area (Å²) in [6.45, 7) is 1.88. The van der Waals surface area contributed by atoms with E-state index >= 15 is 0 Å². The zero-order valence-corrected chi connectivity index (χ0v) is 13.9. The Morgan fingerprint density at radius 1 is 1.04 bits per heavy atom. The Hall–Kier alpha value is -3.21. The highest BCUT2D eigenvalue weighted by molar-refractivity contribution is 5.98. The molecule has 2 aromatic carbocycles. The molecule has 0 amide bonds. The quantitative estimate of drug-likeness (QED) is 0.786. The molecule has 1 aliphatic rings. The number of carbonyl (C=O) groups excluding carboxylic acids is 1. The maximum atomic E-state index is 11.7. The fourth-order valence-electron chi connectivity index (χ4n) is 2.97. The first-order valence-corrected chi connectivity index (χ1v) is 8.29. The van der Waals surface area contributed by atoms with Crippen LogP contribution in [-0.4, -0.2) is 20.8 Å². The number of hydrogen-bond acceptors (Lipinski definition) is 4. The number of anilines is 1. The lowest BCUT2D eigenvalue weighted by atomic mass is 10.1. The number of carbonyl (C=O) groups is 1. The zero-order valence-electron chi connectivity index (χ0n) is 13.9. The molecular formula is C20H18N4O. The van der Waals surface area contributed by atoms with Gasteiger partial charge in [-0.15, -0.1) is 5.10 Å². The molecule has 5 heteroatoms. The first-order chi connectivity index (χ1) is 12.2. The van der Waals surface area contributed by atoms with Crippen molar-refractivity contribution in [3.05, 3.63) is 72.1 Å². The minimum absolute atomic E-state index is 0.226. The summed E-state index contributed by atoms with van der Waals surface area (Å²) in [6.07, 6.45) is 3.29. The standard InChI is InChI=1S/C20H18N4O/c1-14-18(10-11-20(14)25)21-16-7-5-6-15(12-16)19-13-24(23-22-19)17-8-3-2-4-9-17/h2-9,12-13,21H,10-11H2,1H3. The maximum Gasteiger partial charge on any atom is 0.160 e. The monoisotopic (exact) mass is 330 g/mol. The highest BCUT2D eigenvalue weighted by Gasteiger charge is 2.19. The normalized spacial score (nSPS) is 14.2. The second-order valence-corrected chi connectivity index (χ2v) is 6.12. The van der Waals surface area contributed by atoms with Crippen LogP contribution in [0.15, 0.2) is 72.1 Å². The van der Waals surface area contributed by atoms with E-state index < -0.39 is 0 Å². The summed E-state index contributed by atoms with van der Waals surface area (Å²) < 4.78 is 1.76. The Balaban J connectivity index is 1.60. The van der Waals surface area contributed by atoms with Gasteiger partial charge >= 0.3 is 0 Å². The molecule has 0 aliphatic heterocycles. The molecule has 0 fully saturated rings. The van der Waals surface area contributed by atoms with E-state index in [1.807, 2.05) is 67.7 Å². The van der Waals surface area contributed by atoms with Gasteiger partial charge in [0.2, 0.25) is 0 Å². The molecule has 5 nitrogen and oxygen atoms in total. The minimum atomic E-state index is 0.226. The number of benzene rings is 2. The molecular weight excluding hydrogens is 312 g/mol. The first kappa shape index (κ1) is 15.3. The van der Waals surface area contributed by atoms with Gasteiger partial charge in [0, 0.05) is 28.9 Å². The van der Waals surface area contributed by atoms with Gasteiger partial charge < -0.3 is 5.32 Å². The fraction of sp³-hybridized carbons (Fsp3) is 0.150. The van der Waals surface area contributed by atoms with E-state index in [4.69, 9.17) is 0 Å². The predicted octanol–water partition coefficient (Wildman–Crippen LogP) is 3.98. The number of aromatic nitrogens is 3. The number of nitrogens with zero attached hydrogens (tertiary/aromatic N) is 3. The van der Waals surface area contributed by atoms with Crippen molar-refractivity contribution in [1.82, 2.24) is 15.0 Å². The summed E-state index contributed by atoms with van der Waals surface area (Å²) in [6, 6.07) is 17.9. The zero-order chi connectivity index (χ0) is 17.2. The molecule has 0 saturated heterocycles. The highest BCUT2D eigenvalue weighted by atomic mass is 16.1. The third-order valence-electron chi connectivity index (χ3n) is 4.44. The molecule has 25 heavy (non-hydrogen) atoms.